The first kappa shape index (κ1) is 19.1. The number of rotatable bonds is 7. The van der Waals surface area contributed by atoms with Crippen molar-refractivity contribution in [3.05, 3.63) is 118 Å². The van der Waals surface area contributed by atoms with Crippen molar-refractivity contribution in [3.8, 4) is 5.69 Å². The molecule has 0 saturated carbocycles. The number of aromatic nitrogens is 2. The van der Waals surface area contributed by atoms with Crippen molar-refractivity contribution in [2.45, 2.75) is 6.54 Å². The van der Waals surface area contributed by atoms with E-state index < -0.39 is 4.92 Å². The van der Waals surface area contributed by atoms with Crippen molar-refractivity contribution >= 4 is 17.2 Å². The van der Waals surface area contributed by atoms with E-state index in [0.717, 1.165) is 11.3 Å². The summed E-state index contributed by atoms with van der Waals surface area (Å²) in [5.41, 5.74) is 2.76. The molecule has 0 saturated heterocycles. The fraction of sp³-hybridized carbons (Fsp3) is 0.0435. The molecule has 4 rings (SSSR count). The third-order valence-corrected chi connectivity index (χ3v) is 4.63. The molecule has 1 heterocycles. The number of carbonyl (C=O) groups excluding carboxylic acids is 1. The van der Waals surface area contributed by atoms with E-state index >= 15 is 0 Å². The molecule has 0 atom stereocenters. The topological polar surface area (TPSA) is 90.1 Å². The van der Waals surface area contributed by atoms with Crippen LogP contribution in [0.15, 0.2) is 91.3 Å². The molecule has 1 aromatic heterocycles. The van der Waals surface area contributed by atoms with Crippen molar-refractivity contribution in [2.24, 2.45) is 0 Å². The highest BCUT2D eigenvalue weighted by Gasteiger charge is 2.18. The average Bonchev–Trinajstić information content (AvgIpc) is 3.27. The zero-order valence-corrected chi connectivity index (χ0v) is 15.9. The smallest absolute Gasteiger partial charge is 0.293 e. The fourth-order valence-corrected chi connectivity index (χ4v) is 3.10. The predicted molar refractivity (Wildman–Crippen MR) is 114 cm³/mol. The van der Waals surface area contributed by atoms with Gasteiger partial charge in [0.25, 0.3) is 5.69 Å². The minimum absolute atomic E-state index is 0.146. The highest BCUT2D eigenvalue weighted by Crippen LogP contribution is 2.27. The van der Waals surface area contributed by atoms with Crippen LogP contribution in [-0.4, -0.2) is 20.5 Å². The van der Waals surface area contributed by atoms with Gasteiger partial charge >= 0.3 is 0 Å². The van der Waals surface area contributed by atoms with Gasteiger partial charge in [0, 0.05) is 35.5 Å². The van der Waals surface area contributed by atoms with Gasteiger partial charge in [-0.05, 0) is 24.3 Å². The zero-order chi connectivity index (χ0) is 20.9. The van der Waals surface area contributed by atoms with E-state index in [1.807, 2.05) is 42.6 Å². The van der Waals surface area contributed by atoms with Crippen LogP contribution in [0.4, 0.5) is 11.4 Å². The van der Waals surface area contributed by atoms with Gasteiger partial charge in [-0.1, -0.05) is 48.5 Å². The third kappa shape index (κ3) is 4.10. The Hall–Kier alpha value is -4.26. The van der Waals surface area contributed by atoms with Crippen molar-refractivity contribution in [2.75, 3.05) is 5.32 Å². The Morgan fingerprint density at radius 3 is 2.37 bits per heavy atom. The first-order valence-electron chi connectivity index (χ1n) is 9.33. The molecule has 1 N–H and O–H groups in total. The van der Waals surface area contributed by atoms with Gasteiger partial charge in [0.1, 0.15) is 5.69 Å². The molecule has 0 unspecified atom stereocenters. The minimum Gasteiger partial charge on any atom is -0.375 e. The molecule has 30 heavy (non-hydrogen) atoms. The number of ketones is 1. The van der Waals surface area contributed by atoms with Gasteiger partial charge in [-0.15, -0.1) is 0 Å². The number of nitrogens with one attached hydrogen (secondary N) is 1. The number of carbonyl (C=O) groups is 1. The second-order valence-corrected chi connectivity index (χ2v) is 6.67. The Kier molecular flexibility index (Phi) is 5.34. The Labute approximate surface area is 172 Å². The standard InChI is InChI=1S/C23H18N4O3/c28-23(18-7-3-1-4-8-18)19-11-12-21(22(13-19)27(29)30)24-14-17-15-25-26(16-17)20-9-5-2-6-10-20/h1-13,15-16,24H,14H2. The summed E-state index contributed by atoms with van der Waals surface area (Å²) >= 11 is 0. The van der Waals surface area contributed by atoms with Crippen LogP contribution in [0.3, 0.4) is 0 Å². The van der Waals surface area contributed by atoms with Crippen molar-refractivity contribution in [3.63, 3.8) is 0 Å². The average molecular weight is 398 g/mol. The summed E-state index contributed by atoms with van der Waals surface area (Å²) in [6.45, 7) is 0.361. The van der Waals surface area contributed by atoms with Gasteiger partial charge in [-0.25, -0.2) is 4.68 Å². The Bertz CT molecular complexity index is 1190. The van der Waals surface area contributed by atoms with Crippen LogP contribution in [0.2, 0.25) is 0 Å². The molecule has 7 heteroatoms. The molecule has 0 aliphatic heterocycles. The summed E-state index contributed by atoms with van der Waals surface area (Å²) in [6.07, 6.45) is 3.57. The normalized spacial score (nSPS) is 10.5. The molecule has 0 aliphatic rings. The molecule has 148 valence electrons. The Morgan fingerprint density at radius 2 is 1.67 bits per heavy atom. The summed E-state index contributed by atoms with van der Waals surface area (Å²) < 4.78 is 1.74. The third-order valence-electron chi connectivity index (χ3n) is 4.63. The number of nitro groups is 1. The van der Waals surface area contributed by atoms with Crippen molar-refractivity contribution in [1.29, 1.82) is 0 Å². The summed E-state index contributed by atoms with van der Waals surface area (Å²) in [7, 11) is 0. The predicted octanol–water partition coefficient (Wildman–Crippen LogP) is 4.62. The van der Waals surface area contributed by atoms with Gasteiger partial charge < -0.3 is 5.32 Å². The Morgan fingerprint density at radius 1 is 0.967 bits per heavy atom. The maximum absolute atomic E-state index is 12.6. The maximum atomic E-state index is 12.6. The van der Waals surface area contributed by atoms with Crippen LogP contribution in [0.5, 0.6) is 0 Å². The summed E-state index contributed by atoms with van der Waals surface area (Å²) in [5, 5.41) is 19.0. The van der Waals surface area contributed by atoms with Crippen LogP contribution >= 0.6 is 0 Å². The molecular weight excluding hydrogens is 380 g/mol. The van der Waals surface area contributed by atoms with E-state index in [-0.39, 0.29) is 17.0 Å². The van der Waals surface area contributed by atoms with Gasteiger partial charge in [0.15, 0.2) is 5.78 Å². The molecular formula is C23H18N4O3. The second kappa shape index (κ2) is 8.40. The number of nitrogens with zero attached hydrogens (tertiary/aromatic N) is 3. The lowest BCUT2D eigenvalue weighted by Gasteiger charge is -2.08. The fourth-order valence-electron chi connectivity index (χ4n) is 3.10. The number of nitro benzene ring substituents is 1. The lowest BCUT2D eigenvalue weighted by molar-refractivity contribution is -0.384. The van der Waals surface area contributed by atoms with E-state index in [1.165, 1.54) is 6.07 Å². The summed E-state index contributed by atoms with van der Waals surface area (Å²) in [4.78, 5) is 23.7. The van der Waals surface area contributed by atoms with E-state index in [2.05, 4.69) is 10.4 Å². The Balaban J connectivity index is 1.52. The lowest BCUT2D eigenvalue weighted by Crippen LogP contribution is -2.06. The van der Waals surface area contributed by atoms with Gasteiger partial charge in [0.05, 0.1) is 16.8 Å². The van der Waals surface area contributed by atoms with E-state index in [0.29, 0.717) is 17.8 Å². The van der Waals surface area contributed by atoms with Crippen LogP contribution < -0.4 is 5.32 Å². The van der Waals surface area contributed by atoms with Gasteiger partial charge in [-0.3, -0.25) is 14.9 Å². The van der Waals surface area contributed by atoms with Crippen molar-refractivity contribution in [1.82, 2.24) is 9.78 Å². The second-order valence-electron chi connectivity index (χ2n) is 6.67. The number of para-hydroxylation sites is 1. The minimum atomic E-state index is -0.489. The summed E-state index contributed by atoms with van der Waals surface area (Å²) in [5.74, 6) is -0.255. The lowest BCUT2D eigenvalue weighted by atomic mass is 10.0. The monoisotopic (exact) mass is 398 g/mol. The maximum Gasteiger partial charge on any atom is 0.293 e. The molecule has 0 aliphatic carbocycles. The summed E-state index contributed by atoms with van der Waals surface area (Å²) in [6, 6.07) is 22.8. The molecule has 0 radical (unpaired) electrons. The zero-order valence-electron chi connectivity index (χ0n) is 15.9. The molecule has 0 fully saturated rings. The van der Waals surface area contributed by atoms with Crippen LogP contribution in [0.1, 0.15) is 21.5 Å². The van der Waals surface area contributed by atoms with Crippen LogP contribution in [-0.2, 0) is 6.54 Å². The largest absolute Gasteiger partial charge is 0.375 e. The quantitative estimate of drug-likeness (QED) is 0.279. The molecule has 0 bridgehead atoms. The highest BCUT2D eigenvalue weighted by molar-refractivity contribution is 6.09. The molecule has 0 spiro atoms. The molecule has 0 amide bonds. The van der Waals surface area contributed by atoms with E-state index in [1.54, 1.807) is 47.3 Å². The first-order chi connectivity index (χ1) is 14.6. The molecule has 4 aromatic rings. The highest BCUT2D eigenvalue weighted by atomic mass is 16.6. The van der Waals surface area contributed by atoms with E-state index in [9.17, 15) is 14.9 Å². The number of hydrogen-bond acceptors (Lipinski definition) is 5. The van der Waals surface area contributed by atoms with Crippen molar-refractivity contribution < 1.29 is 9.72 Å². The SMILES string of the molecule is O=C(c1ccccc1)c1ccc(NCc2cnn(-c3ccccc3)c2)c([N+](=O)[O-])c1. The van der Waals surface area contributed by atoms with Gasteiger partial charge in [0.2, 0.25) is 0 Å². The number of benzene rings is 3. The first-order valence-corrected chi connectivity index (χ1v) is 9.33. The number of anilines is 1. The van der Waals surface area contributed by atoms with Gasteiger partial charge in [-0.2, -0.15) is 5.10 Å². The van der Waals surface area contributed by atoms with E-state index in [4.69, 9.17) is 0 Å². The molecule has 7 nitrogen and oxygen atoms in total. The van der Waals surface area contributed by atoms with Crippen LogP contribution in [0.25, 0.3) is 5.69 Å². The number of hydrogen-bond donors (Lipinski definition) is 1. The van der Waals surface area contributed by atoms with Crippen LogP contribution in [0, 0.1) is 10.1 Å². The molecule has 3 aromatic carbocycles.